The molecule has 21 heavy (non-hydrogen) atoms. The van der Waals surface area contributed by atoms with Gasteiger partial charge in [-0.15, -0.1) is 0 Å². The second-order valence-electron chi connectivity index (χ2n) is 5.14. The third-order valence-corrected chi connectivity index (χ3v) is 4.12. The Morgan fingerprint density at radius 3 is 2.95 bits per heavy atom. The molecule has 1 aromatic carbocycles. The van der Waals surface area contributed by atoms with Crippen molar-refractivity contribution in [2.24, 2.45) is 7.05 Å². The molecule has 6 heteroatoms. The van der Waals surface area contributed by atoms with Gasteiger partial charge in [-0.1, -0.05) is 29.8 Å². The Hall–Kier alpha value is -1.85. The highest BCUT2D eigenvalue weighted by Gasteiger charge is 2.32. The number of aromatic nitrogens is 2. The van der Waals surface area contributed by atoms with Crippen LogP contribution in [0, 0.1) is 0 Å². The fourth-order valence-corrected chi connectivity index (χ4v) is 2.89. The summed E-state index contributed by atoms with van der Waals surface area (Å²) >= 11 is 6.27. The van der Waals surface area contributed by atoms with Crippen LogP contribution in [-0.4, -0.2) is 33.4 Å². The van der Waals surface area contributed by atoms with E-state index >= 15 is 0 Å². The number of amides is 1. The second-order valence-corrected chi connectivity index (χ2v) is 5.55. The van der Waals surface area contributed by atoms with Crippen molar-refractivity contribution in [3.63, 3.8) is 0 Å². The van der Waals surface area contributed by atoms with Crippen LogP contribution < -0.4 is 5.32 Å². The van der Waals surface area contributed by atoms with Crippen molar-refractivity contribution in [1.29, 1.82) is 0 Å². The lowest BCUT2D eigenvalue weighted by Crippen LogP contribution is -2.49. The number of carbonyl (C=O) groups excluding carboxylic acids is 1. The Bertz CT molecular complexity index is 655. The molecule has 0 unspecified atom stereocenters. The van der Waals surface area contributed by atoms with Crippen LogP contribution in [0.25, 0.3) is 0 Å². The van der Waals surface area contributed by atoms with E-state index in [1.165, 1.54) is 0 Å². The molecule has 3 rings (SSSR count). The second kappa shape index (κ2) is 5.87. The van der Waals surface area contributed by atoms with Crippen molar-refractivity contribution in [1.82, 2.24) is 19.8 Å². The van der Waals surface area contributed by atoms with Gasteiger partial charge in [0.05, 0.1) is 6.54 Å². The predicted octanol–water partition coefficient (Wildman–Crippen LogP) is 1.75. The first kappa shape index (κ1) is 14.1. The van der Waals surface area contributed by atoms with Gasteiger partial charge in [-0.05, 0) is 11.6 Å². The largest absolute Gasteiger partial charge is 0.353 e. The van der Waals surface area contributed by atoms with Crippen LogP contribution in [0.4, 0.5) is 0 Å². The van der Waals surface area contributed by atoms with E-state index in [1.54, 1.807) is 6.20 Å². The van der Waals surface area contributed by atoms with Gasteiger partial charge < -0.3 is 9.88 Å². The monoisotopic (exact) mass is 304 g/mol. The van der Waals surface area contributed by atoms with Gasteiger partial charge in [0.1, 0.15) is 11.9 Å². The third-order valence-electron chi connectivity index (χ3n) is 3.78. The Morgan fingerprint density at radius 2 is 2.24 bits per heavy atom. The van der Waals surface area contributed by atoms with E-state index in [2.05, 4.69) is 15.2 Å². The van der Waals surface area contributed by atoms with Crippen molar-refractivity contribution in [3.05, 3.63) is 53.1 Å². The molecule has 1 fully saturated rings. The molecule has 1 amide bonds. The predicted molar refractivity (Wildman–Crippen MR) is 80.8 cm³/mol. The number of aryl methyl sites for hydroxylation is 1. The molecule has 2 heterocycles. The maximum Gasteiger partial charge on any atom is 0.242 e. The van der Waals surface area contributed by atoms with Crippen LogP contribution in [-0.2, 0) is 18.4 Å². The Kier molecular flexibility index (Phi) is 3.94. The molecule has 0 aliphatic carbocycles. The summed E-state index contributed by atoms with van der Waals surface area (Å²) in [7, 11) is 1.96. The number of benzene rings is 1. The van der Waals surface area contributed by atoms with Crippen molar-refractivity contribution in [2.45, 2.75) is 12.6 Å². The van der Waals surface area contributed by atoms with E-state index in [9.17, 15) is 4.79 Å². The van der Waals surface area contributed by atoms with E-state index in [0.29, 0.717) is 18.1 Å². The highest BCUT2D eigenvalue weighted by molar-refractivity contribution is 6.31. The molecular weight excluding hydrogens is 288 g/mol. The van der Waals surface area contributed by atoms with Crippen molar-refractivity contribution < 1.29 is 4.79 Å². The SMILES string of the molecule is Cn1ccnc1CN1CCNC(=O)[C@@H]1c1ccccc1Cl. The van der Waals surface area contributed by atoms with Crippen molar-refractivity contribution >= 4 is 17.5 Å². The summed E-state index contributed by atoms with van der Waals surface area (Å²) in [6.45, 7) is 2.03. The Labute approximate surface area is 128 Å². The average Bonchev–Trinajstić information content (AvgIpc) is 2.86. The lowest BCUT2D eigenvalue weighted by molar-refractivity contribution is -0.129. The van der Waals surface area contributed by atoms with E-state index in [-0.39, 0.29) is 11.9 Å². The summed E-state index contributed by atoms with van der Waals surface area (Å²) in [6.07, 6.45) is 3.67. The molecule has 1 saturated heterocycles. The number of rotatable bonds is 3. The molecule has 0 spiro atoms. The molecule has 1 N–H and O–H groups in total. The maximum atomic E-state index is 12.3. The number of nitrogens with one attached hydrogen (secondary N) is 1. The zero-order valence-electron chi connectivity index (χ0n) is 11.8. The molecule has 1 aliphatic rings. The van der Waals surface area contributed by atoms with Crippen LogP contribution in [0.3, 0.4) is 0 Å². The van der Waals surface area contributed by atoms with Crippen LogP contribution >= 0.6 is 11.6 Å². The Balaban J connectivity index is 1.92. The minimum atomic E-state index is -0.371. The van der Waals surface area contributed by atoms with Crippen LogP contribution in [0.5, 0.6) is 0 Å². The third kappa shape index (κ3) is 2.80. The zero-order chi connectivity index (χ0) is 14.8. The van der Waals surface area contributed by atoms with Crippen LogP contribution in [0.15, 0.2) is 36.7 Å². The van der Waals surface area contributed by atoms with Gasteiger partial charge in [-0.25, -0.2) is 4.98 Å². The fourth-order valence-electron chi connectivity index (χ4n) is 2.65. The first-order valence-corrected chi connectivity index (χ1v) is 7.27. The van der Waals surface area contributed by atoms with E-state index < -0.39 is 0 Å². The zero-order valence-corrected chi connectivity index (χ0v) is 12.5. The van der Waals surface area contributed by atoms with Crippen molar-refractivity contribution in [2.75, 3.05) is 13.1 Å². The molecule has 0 bridgehead atoms. The van der Waals surface area contributed by atoms with Gasteiger partial charge in [-0.2, -0.15) is 0 Å². The molecule has 1 aromatic heterocycles. The molecule has 0 radical (unpaired) electrons. The average molecular weight is 305 g/mol. The molecule has 1 atom stereocenters. The molecule has 5 nitrogen and oxygen atoms in total. The lowest BCUT2D eigenvalue weighted by Gasteiger charge is -2.35. The topological polar surface area (TPSA) is 50.2 Å². The number of piperazine rings is 1. The lowest BCUT2D eigenvalue weighted by atomic mass is 10.0. The molecule has 1 aliphatic heterocycles. The molecular formula is C15H17ClN4O. The fraction of sp³-hybridized carbons (Fsp3) is 0.333. The van der Waals surface area contributed by atoms with Gasteiger partial charge in [-0.3, -0.25) is 9.69 Å². The van der Waals surface area contributed by atoms with E-state index in [4.69, 9.17) is 11.6 Å². The number of hydrogen-bond acceptors (Lipinski definition) is 3. The summed E-state index contributed by atoms with van der Waals surface area (Å²) in [4.78, 5) is 18.8. The first-order valence-electron chi connectivity index (χ1n) is 6.89. The quantitative estimate of drug-likeness (QED) is 0.940. The van der Waals surface area contributed by atoms with E-state index in [1.807, 2.05) is 42.1 Å². The van der Waals surface area contributed by atoms with Gasteiger partial charge in [0.2, 0.25) is 5.91 Å². The Morgan fingerprint density at radius 1 is 1.43 bits per heavy atom. The summed E-state index contributed by atoms with van der Waals surface area (Å²) in [5, 5.41) is 3.53. The summed E-state index contributed by atoms with van der Waals surface area (Å²) < 4.78 is 1.97. The number of hydrogen-bond donors (Lipinski definition) is 1. The normalized spacial score (nSPS) is 19.5. The molecule has 110 valence electrons. The highest BCUT2D eigenvalue weighted by Crippen LogP contribution is 2.30. The van der Waals surface area contributed by atoms with E-state index in [0.717, 1.165) is 17.9 Å². The molecule has 0 saturated carbocycles. The van der Waals surface area contributed by atoms with Crippen molar-refractivity contribution in [3.8, 4) is 0 Å². The number of halogens is 1. The van der Waals surface area contributed by atoms with Gasteiger partial charge in [0.15, 0.2) is 0 Å². The minimum absolute atomic E-state index is 0.0106. The summed E-state index contributed by atoms with van der Waals surface area (Å²) in [5.74, 6) is 0.922. The van der Waals surface area contributed by atoms with Gasteiger partial charge in [0, 0.05) is 37.6 Å². The molecule has 2 aromatic rings. The summed E-state index contributed by atoms with van der Waals surface area (Å²) in [5.41, 5.74) is 0.838. The first-order chi connectivity index (χ1) is 10.2. The maximum absolute atomic E-state index is 12.3. The summed E-state index contributed by atoms with van der Waals surface area (Å²) in [6, 6.07) is 7.13. The standard InChI is InChI=1S/C15H17ClN4O/c1-19-8-6-17-13(19)10-20-9-7-18-15(21)14(20)11-4-2-3-5-12(11)16/h2-6,8,14H,7,9-10H2,1H3,(H,18,21)/t14-/m0/s1. The van der Waals surface area contributed by atoms with Crippen LogP contribution in [0.2, 0.25) is 5.02 Å². The van der Waals surface area contributed by atoms with Gasteiger partial charge in [0.25, 0.3) is 0 Å². The number of imidazole rings is 1. The minimum Gasteiger partial charge on any atom is -0.353 e. The smallest absolute Gasteiger partial charge is 0.242 e. The van der Waals surface area contributed by atoms with Gasteiger partial charge >= 0.3 is 0 Å². The number of nitrogens with zero attached hydrogens (tertiary/aromatic N) is 3. The highest BCUT2D eigenvalue weighted by atomic mass is 35.5. The van der Waals surface area contributed by atoms with Crippen LogP contribution in [0.1, 0.15) is 17.4 Å². The number of carbonyl (C=O) groups is 1.